The first-order chi connectivity index (χ1) is 12.1. The Morgan fingerprint density at radius 1 is 1.19 bits per heavy atom. The highest BCUT2D eigenvalue weighted by Crippen LogP contribution is 2.22. The van der Waals surface area contributed by atoms with Crippen LogP contribution in [0.15, 0.2) is 42.5 Å². The van der Waals surface area contributed by atoms with Gasteiger partial charge in [0.05, 0.1) is 18.0 Å². The summed E-state index contributed by atoms with van der Waals surface area (Å²) < 4.78 is 38.9. The molecule has 26 heavy (non-hydrogen) atoms. The number of anilines is 1. The predicted octanol–water partition coefficient (Wildman–Crippen LogP) is 3.09. The number of carbonyl (C=O) groups excluding carboxylic acids is 1. The summed E-state index contributed by atoms with van der Waals surface area (Å²) >= 11 is 0. The lowest BCUT2D eigenvalue weighted by atomic mass is 10.0. The maximum Gasteiger partial charge on any atom is 0.241 e. The van der Waals surface area contributed by atoms with E-state index in [0.29, 0.717) is 0 Å². The van der Waals surface area contributed by atoms with Crippen LogP contribution in [0.4, 0.5) is 10.1 Å². The second-order valence-corrected chi connectivity index (χ2v) is 8.28. The Bertz CT molecular complexity index is 913. The van der Waals surface area contributed by atoms with E-state index in [1.165, 1.54) is 18.2 Å². The molecule has 0 bridgehead atoms. The van der Waals surface area contributed by atoms with Gasteiger partial charge in [-0.2, -0.15) is 0 Å². The van der Waals surface area contributed by atoms with Crippen molar-refractivity contribution in [2.75, 3.05) is 17.1 Å². The predicted molar refractivity (Wildman–Crippen MR) is 101 cm³/mol. The monoisotopic (exact) mass is 378 g/mol. The molecule has 0 fully saturated rings. The average molecular weight is 378 g/mol. The van der Waals surface area contributed by atoms with E-state index in [1.807, 2.05) is 39.0 Å². The van der Waals surface area contributed by atoms with Crippen LogP contribution in [0.3, 0.4) is 0 Å². The molecule has 1 N–H and O–H groups in total. The normalized spacial score (nSPS) is 12.5. The number of para-hydroxylation sites is 1. The maximum atomic E-state index is 14.0. The molecule has 0 aromatic heterocycles. The third kappa shape index (κ3) is 4.82. The summed E-state index contributed by atoms with van der Waals surface area (Å²) in [7, 11) is -3.82. The van der Waals surface area contributed by atoms with E-state index in [1.54, 1.807) is 0 Å². The van der Waals surface area contributed by atoms with Gasteiger partial charge in [-0.3, -0.25) is 9.10 Å². The van der Waals surface area contributed by atoms with Gasteiger partial charge in [-0.05, 0) is 44.0 Å². The standard InChI is InChI=1S/C19H23FN2O3S/c1-13-9-10-16(14(2)11-13)15(3)21-19(23)12-22(26(4,24)25)18-8-6-5-7-17(18)20/h5-11,15H,12H2,1-4H3,(H,21,23)/t15-/m0/s1. The van der Waals surface area contributed by atoms with Crippen molar-refractivity contribution < 1.29 is 17.6 Å². The minimum Gasteiger partial charge on any atom is -0.348 e. The van der Waals surface area contributed by atoms with Gasteiger partial charge in [-0.15, -0.1) is 0 Å². The molecule has 0 radical (unpaired) electrons. The summed E-state index contributed by atoms with van der Waals surface area (Å²) in [5, 5.41) is 2.78. The quantitative estimate of drug-likeness (QED) is 0.840. The van der Waals surface area contributed by atoms with Gasteiger partial charge in [0.1, 0.15) is 12.4 Å². The van der Waals surface area contributed by atoms with Crippen LogP contribution in [0.5, 0.6) is 0 Å². The van der Waals surface area contributed by atoms with E-state index in [4.69, 9.17) is 0 Å². The Labute approximate surface area is 153 Å². The Balaban J connectivity index is 2.19. The second-order valence-electron chi connectivity index (χ2n) is 6.37. The van der Waals surface area contributed by atoms with E-state index >= 15 is 0 Å². The molecule has 0 saturated carbocycles. The van der Waals surface area contributed by atoms with Crippen LogP contribution in [-0.4, -0.2) is 27.1 Å². The van der Waals surface area contributed by atoms with Crippen molar-refractivity contribution in [3.8, 4) is 0 Å². The molecule has 7 heteroatoms. The van der Waals surface area contributed by atoms with E-state index in [-0.39, 0.29) is 11.7 Å². The summed E-state index contributed by atoms with van der Waals surface area (Å²) in [6, 6.07) is 11.1. The third-order valence-corrected chi connectivity index (χ3v) is 5.20. The fourth-order valence-electron chi connectivity index (χ4n) is 2.84. The zero-order valence-corrected chi connectivity index (χ0v) is 16.1. The first kappa shape index (κ1) is 19.9. The Morgan fingerprint density at radius 2 is 1.85 bits per heavy atom. The Hall–Kier alpha value is -2.41. The number of aryl methyl sites for hydroxylation is 2. The Morgan fingerprint density at radius 3 is 2.42 bits per heavy atom. The number of hydrogen-bond donors (Lipinski definition) is 1. The molecule has 0 aliphatic carbocycles. The molecule has 1 atom stereocenters. The number of rotatable bonds is 6. The van der Waals surface area contributed by atoms with E-state index in [2.05, 4.69) is 5.32 Å². The van der Waals surface area contributed by atoms with Crippen molar-refractivity contribution in [1.29, 1.82) is 0 Å². The van der Waals surface area contributed by atoms with E-state index < -0.39 is 28.3 Å². The highest BCUT2D eigenvalue weighted by atomic mass is 32.2. The number of nitrogens with zero attached hydrogens (tertiary/aromatic N) is 1. The van der Waals surface area contributed by atoms with Gasteiger partial charge in [0, 0.05) is 0 Å². The molecule has 2 rings (SSSR count). The van der Waals surface area contributed by atoms with Crippen LogP contribution >= 0.6 is 0 Å². The number of carbonyl (C=O) groups is 1. The molecule has 0 spiro atoms. The average Bonchev–Trinajstić information content (AvgIpc) is 2.52. The van der Waals surface area contributed by atoms with Gasteiger partial charge >= 0.3 is 0 Å². The van der Waals surface area contributed by atoms with Gasteiger partial charge in [-0.25, -0.2) is 12.8 Å². The third-order valence-electron chi connectivity index (χ3n) is 4.08. The molecular formula is C19H23FN2O3S. The largest absolute Gasteiger partial charge is 0.348 e. The van der Waals surface area contributed by atoms with Crippen molar-refractivity contribution in [3.63, 3.8) is 0 Å². The van der Waals surface area contributed by atoms with Crippen molar-refractivity contribution in [2.45, 2.75) is 26.8 Å². The molecule has 0 saturated heterocycles. The van der Waals surface area contributed by atoms with E-state index in [9.17, 15) is 17.6 Å². The van der Waals surface area contributed by atoms with Crippen molar-refractivity contribution in [3.05, 3.63) is 65.0 Å². The molecule has 0 unspecified atom stereocenters. The van der Waals surface area contributed by atoms with Crippen molar-refractivity contribution >= 4 is 21.6 Å². The molecule has 2 aromatic rings. The molecule has 2 aromatic carbocycles. The van der Waals surface area contributed by atoms with Gasteiger partial charge in [0.2, 0.25) is 15.9 Å². The molecule has 0 aliphatic heterocycles. The number of amides is 1. The van der Waals surface area contributed by atoms with Crippen LogP contribution in [0.1, 0.15) is 29.7 Å². The van der Waals surface area contributed by atoms with Crippen LogP contribution < -0.4 is 9.62 Å². The summed E-state index contributed by atoms with van der Waals surface area (Å²) in [5.74, 6) is -1.21. The zero-order chi connectivity index (χ0) is 19.5. The fourth-order valence-corrected chi connectivity index (χ4v) is 3.70. The van der Waals surface area contributed by atoms with Crippen LogP contribution in [0.25, 0.3) is 0 Å². The second kappa shape index (κ2) is 7.86. The zero-order valence-electron chi connectivity index (χ0n) is 15.3. The van der Waals surface area contributed by atoms with Gasteiger partial charge in [-0.1, -0.05) is 35.9 Å². The van der Waals surface area contributed by atoms with Crippen molar-refractivity contribution in [1.82, 2.24) is 5.32 Å². The smallest absolute Gasteiger partial charge is 0.241 e. The summed E-state index contributed by atoms with van der Waals surface area (Å²) in [6.07, 6.45) is 0.945. The molecule has 5 nitrogen and oxygen atoms in total. The lowest BCUT2D eigenvalue weighted by Gasteiger charge is -2.24. The van der Waals surface area contributed by atoms with Gasteiger partial charge in [0.25, 0.3) is 0 Å². The molecule has 0 aliphatic rings. The number of halogens is 1. The van der Waals surface area contributed by atoms with Crippen LogP contribution in [-0.2, 0) is 14.8 Å². The summed E-state index contributed by atoms with van der Waals surface area (Å²) in [4.78, 5) is 12.4. The van der Waals surface area contributed by atoms with Crippen LogP contribution in [0.2, 0.25) is 0 Å². The van der Waals surface area contributed by atoms with E-state index in [0.717, 1.165) is 33.3 Å². The summed E-state index contributed by atoms with van der Waals surface area (Å²) in [6.45, 7) is 5.27. The minimum absolute atomic E-state index is 0.149. The topological polar surface area (TPSA) is 66.5 Å². The first-order valence-electron chi connectivity index (χ1n) is 8.18. The Kier molecular flexibility index (Phi) is 6.02. The number of hydrogen-bond acceptors (Lipinski definition) is 3. The molecule has 1 amide bonds. The lowest BCUT2D eigenvalue weighted by molar-refractivity contribution is -0.120. The fraction of sp³-hybridized carbons (Fsp3) is 0.316. The van der Waals surface area contributed by atoms with Crippen LogP contribution in [0, 0.1) is 19.7 Å². The van der Waals surface area contributed by atoms with Crippen molar-refractivity contribution in [2.24, 2.45) is 0 Å². The van der Waals surface area contributed by atoms with Gasteiger partial charge in [0.15, 0.2) is 0 Å². The summed E-state index contributed by atoms with van der Waals surface area (Å²) in [5.41, 5.74) is 2.95. The maximum absolute atomic E-state index is 14.0. The van der Waals surface area contributed by atoms with Gasteiger partial charge < -0.3 is 5.32 Å². The molecular weight excluding hydrogens is 355 g/mol. The highest BCUT2D eigenvalue weighted by Gasteiger charge is 2.24. The number of benzene rings is 2. The molecule has 140 valence electrons. The minimum atomic E-state index is -3.82. The molecule has 0 heterocycles. The number of sulfonamides is 1. The highest BCUT2D eigenvalue weighted by molar-refractivity contribution is 7.92. The lowest BCUT2D eigenvalue weighted by Crippen LogP contribution is -2.41. The number of nitrogens with one attached hydrogen (secondary N) is 1. The first-order valence-corrected chi connectivity index (χ1v) is 10.0. The SMILES string of the molecule is Cc1ccc([C@H](C)NC(=O)CN(c2ccccc2F)S(C)(=O)=O)c(C)c1.